The molecule has 0 unspecified atom stereocenters. The monoisotopic (exact) mass is 207 g/mol. The van der Waals surface area contributed by atoms with E-state index in [1.54, 1.807) is 7.11 Å². The predicted octanol–water partition coefficient (Wildman–Crippen LogP) is 1.05. The SMILES string of the molecule is C=CC(=O)N1C[C@@H]2C[C@H]3C[C@H]2[C@H]1[C@@H]3OC. The van der Waals surface area contributed by atoms with Crippen LogP contribution >= 0.6 is 0 Å². The maximum atomic E-state index is 11.7. The number of likely N-dealkylation sites (tertiary alicyclic amines) is 1. The average Bonchev–Trinajstić information content (AvgIpc) is 2.83. The molecule has 2 aliphatic carbocycles. The van der Waals surface area contributed by atoms with Crippen LogP contribution in [0.5, 0.6) is 0 Å². The Hall–Kier alpha value is -0.830. The highest BCUT2D eigenvalue weighted by Gasteiger charge is 2.60. The van der Waals surface area contributed by atoms with E-state index in [1.807, 2.05) is 4.90 Å². The van der Waals surface area contributed by atoms with E-state index in [9.17, 15) is 4.79 Å². The van der Waals surface area contributed by atoms with E-state index in [1.165, 1.54) is 18.9 Å². The molecule has 1 amide bonds. The first-order valence-electron chi connectivity index (χ1n) is 5.72. The second-order valence-electron chi connectivity index (χ2n) is 5.04. The molecule has 0 radical (unpaired) electrons. The summed E-state index contributed by atoms with van der Waals surface area (Å²) < 4.78 is 5.57. The van der Waals surface area contributed by atoms with Gasteiger partial charge in [-0.2, -0.15) is 0 Å². The van der Waals surface area contributed by atoms with Gasteiger partial charge in [-0.15, -0.1) is 0 Å². The van der Waals surface area contributed by atoms with Gasteiger partial charge in [0.2, 0.25) is 5.91 Å². The van der Waals surface area contributed by atoms with E-state index in [4.69, 9.17) is 4.74 Å². The molecule has 1 heterocycles. The Labute approximate surface area is 90.1 Å². The van der Waals surface area contributed by atoms with Crippen molar-refractivity contribution >= 4 is 5.91 Å². The Morgan fingerprint density at radius 2 is 2.27 bits per heavy atom. The van der Waals surface area contributed by atoms with Crippen molar-refractivity contribution in [2.45, 2.75) is 25.0 Å². The number of rotatable bonds is 2. The van der Waals surface area contributed by atoms with E-state index in [2.05, 4.69) is 6.58 Å². The highest BCUT2D eigenvalue weighted by molar-refractivity contribution is 5.87. The number of fused-ring (bicyclic) bond motifs is 1. The first-order chi connectivity index (χ1) is 7.26. The van der Waals surface area contributed by atoms with Gasteiger partial charge in [0.15, 0.2) is 0 Å². The van der Waals surface area contributed by atoms with Gasteiger partial charge in [0.25, 0.3) is 0 Å². The number of carbonyl (C=O) groups excluding carboxylic acids is 1. The number of ether oxygens (including phenoxy) is 1. The molecule has 0 aromatic rings. The Morgan fingerprint density at radius 1 is 1.47 bits per heavy atom. The minimum Gasteiger partial charge on any atom is -0.379 e. The summed E-state index contributed by atoms with van der Waals surface area (Å²) in [6, 6.07) is 0.337. The van der Waals surface area contributed by atoms with Crippen LogP contribution in [0.2, 0.25) is 0 Å². The zero-order valence-corrected chi connectivity index (χ0v) is 9.06. The molecule has 3 nitrogen and oxygen atoms in total. The topological polar surface area (TPSA) is 29.5 Å². The molecule has 3 heteroatoms. The second kappa shape index (κ2) is 3.08. The number of hydrogen-bond acceptors (Lipinski definition) is 2. The lowest BCUT2D eigenvalue weighted by molar-refractivity contribution is -0.129. The van der Waals surface area contributed by atoms with Crippen LogP contribution in [0.15, 0.2) is 12.7 Å². The average molecular weight is 207 g/mol. The maximum Gasteiger partial charge on any atom is 0.246 e. The van der Waals surface area contributed by atoms with Gasteiger partial charge in [0.05, 0.1) is 12.1 Å². The summed E-state index contributed by atoms with van der Waals surface area (Å²) >= 11 is 0. The summed E-state index contributed by atoms with van der Waals surface area (Å²) in [4.78, 5) is 13.7. The normalized spacial score (nSPS) is 46.2. The summed E-state index contributed by atoms with van der Waals surface area (Å²) in [5, 5.41) is 0. The zero-order valence-electron chi connectivity index (χ0n) is 9.06. The van der Waals surface area contributed by atoms with Gasteiger partial charge in [-0.1, -0.05) is 6.58 Å². The van der Waals surface area contributed by atoms with Crippen LogP contribution in [0, 0.1) is 17.8 Å². The number of amides is 1. The molecule has 5 atom stereocenters. The Morgan fingerprint density at radius 3 is 2.93 bits per heavy atom. The van der Waals surface area contributed by atoms with Crippen molar-refractivity contribution in [3.05, 3.63) is 12.7 Å². The molecule has 1 saturated heterocycles. The van der Waals surface area contributed by atoms with Gasteiger partial charge >= 0.3 is 0 Å². The maximum absolute atomic E-state index is 11.7. The summed E-state index contributed by atoms with van der Waals surface area (Å²) in [5.41, 5.74) is 0. The minimum atomic E-state index is 0.0806. The van der Waals surface area contributed by atoms with Gasteiger partial charge in [-0.05, 0) is 36.7 Å². The van der Waals surface area contributed by atoms with Crippen LogP contribution in [0.1, 0.15) is 12.8 Å². The van der Waals surface area contributed by atoms with E-state index in [-0.39, 0.29) is 12.0 Å². The number of methoxy groups -OCH3 is 1. The predicted molar refractivity (Wildman–Crippen MR) is 56.2 cm³/mol. The molecule has 15 heavy (non-hydrogen) atoms. The fourth-order valence-corrected chi connectivity index (χ4v) is 4.09. The lowest BCUT2D eigenvalue weighted by Crippen LogP contribution is -2.44. The number of carbonyl (C=O) groups is 1. The van der Waals surface area contributed by atoms with Crippen molar-refractivity contribution in [2.24, 2.45) is 17.8 Å². The molecule has 0 aromatic carbocycles. The Balaban J connectivity index is 1.90. The quantitative estimate of drug-likeness (QED) is 0.633. The summed E-state index contributed by atoms with van der Waals surface area (Å²) in [7, 11) is 1.77. The summed E-state index contributed by atoms with van der Waals surface area (Å²) in [5.74, 6) is 2.20. The molecule has 1 aliphatic heterocycles. The standard InChI is InChI=1S/C12H17NO2/c1-3-10(14)13-6-8-4-7-5-9(8)11(13)12(7)15-2/h3,7-9,11-12H,1,4-6H2,2H3/t7-,8-,9+,11-,12+/m0/s1. The van der Waals surface area contributed by atoms with Crippen LogP contribution in [0.25, 0.3) is 0 Å². The highest BCUT2D eigenvalue weighted by atomic mass is 16.5. The molecule has 0 aromatic heterocycles. The van der Waals surface area contributed by atoms with E-state index >= 15 is 0 Å². The molecular formula is C12H17NO2. The number of nitrogens with zero attached hydrogens (tertiary/aromatic N) is 1. The molecule has 82 valence electrons. The molecule has 0 N–H and O–H groups in total. The van der Waals surface area contributed by atoms with Gasteiger partial charge in [0, 0.05) is 13.7 Å². The molecule has 0 spiro atoms. The Kier molecular flexibility index (Phi) is 1.93. The van der Waals surface area contributed by atoms with Crippen LogP contribution in [-0.4, -0.2) is 36.6 Å². The summed E-state index contributed by atoms with van der Waals surface area (Å²) in [6.45, 7) is 4.50. The largest absolute Gasteiger partial charge is 0.379 e. The van der Waals surface area contributed by atoms with Crippen LogP contribution in [-0.2, 0) is 9.53 Å². The van der Waals surface area contributed by atoms with Gasteiger partial charge in [-0.3, -0.25) is 4.79 Å². The van der Waals surface area contributed by atoms with Crippen LogP contribution in [0.4, 0.5) is 0 Å². The lowest BCUT2D eigenvalue weighted by atomic mass is 9.88. The minimum absolute atomic E-state index is 0.0806. The van der Waals surface area contributed by atoms with Crippen molar-refractivity contribution < 1.29 is 9.53 Å². The van der Waals surface area contributed by atoms with Gasteiger partial charge in [0.1, 0.15) is 0 Å². The van der Waals surface area contributed by atoms with Gasteiger partial charge in [-0.25, -0.2) is 0 Å². The first kappa shape index (κ1) is 9.40. The molecular weight excluding hydrogens is 190 g/mol. The fraction of sp³-hybridized carbons (Fsp3) is 0.750. The van der Waals surface area contributed by atoms with E-state index < -0.39 is 0 Å². The summed E-state index contributed by atoms with van der Waals surface area (Å²) in [6.07, 6.45) is 4.22. The van der Waals surface area contributed by atoms with Crippen LogP contribution < -0.4 is 0 Å². The lowest BCUT2D eigenvalue weighted by Gasteiger charge is -2.30. The highest BCUT2D eigenvalue weighted by Crippen LogP contribution is 2.55. The molecule has 2 saturated carbocycles. The molecule has 3 aliphatic rings. The van der Waals surface area contributed by atoms with Crippen molar-refractivity contribution in [3.8, 4) is 0 Å². The Bertz CT molecular complexity index is 313. The van der Waals surface area contributed by atoms with Crippen molar-refractivity contribution in [1.29, 1.82) is 0 Å². The third-order valence-corrected chi connectivity index (χ3v) is 4.55. The third kappa shape index (κ3) is 1.07. The fourth-order valence-electron chi connectivity index (χ4n) is 4.09. The van der Waals surface area contributed by atoms with Gasteiger partial charge < -0.3 is 9.64 Å². The molecule has 2 bridgehead atoms. The second-order valence-corrected chi connectivity index (χ2v) is 5.04. The molecule has 3 fully saturated rings. The van der Waals surface area contributed by atoms with Crippen molar-refractivity contribution in [3.63, 3.8) is 0 Å². The van der Waals surface area contributed by atoms with Crippen molar-refractivity contribution in [2.75, 3.05) is 13.7 Å². The van der Waals surface area contributed by atoms with E-state index in [0.717, 1.165) is 12.5 Å². The van der Waals surface area contributed by atoms with Crippen LogP contribution in [0.3, 0.4) is 0 Å². The zero-order chi connectivity index (χ0) is 10.6. The number of hydrogen-bond donors (Lipinski definition) is 0. The smallest absolute Gasteiger partial charge is 0.246 e. The van der Waals surface area contributed by atoms with E-state index in [0.29, 0.717) is 17.9 Å². The first-order valence-corrected chi connectivity index (χ1v) is 5.72. The molecule has 3 rings (SSSR count). The third-order valence-electron chi connectivity index (χ3n) is 4.55. The van der Waals surface area contributed by atoms with Crippen molar-refractivity contribution in [1.82, 2.24) is 4.90 Å².